The molecule has 2 aromatic carbocycles. The summed E-state index contributed by atoms with van der Waals surface area (Å²) in [6.45, 7) is 14.3. The van der Waals surface area contributed by atoms with E-state index in [1.807, 2.05) is 54.7 Å². The van der Waals surface area contributed by atoms with Crippen LogP contribution in [0.2, 0.25) is 0 Å². The molecule has 0 aliphatic carbocycles. The number of anilines is 1. The van der Waals surface area contributed by atoms with E-state index in [-0.39, 0.29) is 18.2 Å². The molecule has 0 saturated carbocycles. The summed E-state index contributed by atoms with van der Waals surface area (Å²) in [5.41, 5.74) is 2.74. The van der Waals surface area contributed by atoms with Crippen molar-refractivity contribution in [1.82, 2.24) is 30.2 Å². The quantitative estimate of drug-likeness (QED) is 0.183. The van der Waals surface area contributed by atoms with Crippen molar-refractivity contribution < 1.29 is 19.1 Å². The van der Waals surface area contributed by atoms with E-state index in [4.69, 9.17) is 9.47 Å². The number of rotatable bonds is 8. The van der Waals surface area contributed by atoms with Crippen molar-refractivity contribution >= 4 is 28.9 Å². The Hall–Kier alpha value is -4.67. The summed E-state index contributed by atoms with van der Waals surface area (Å²) in [6, 6.07) is 12.3. The van der Waals surface area contributed by atoms with E-state index in [0.29, 0.717) is 19.0 Å². The van der Waals surface area contributed by atoms with Gasteiger partial charge in [-0.05, 0) is 89.3 Å². The normalized spacial score (nSPS) is 15.9. The number of likely N-dealkylation sites (tertiary alicyclic amines) is 1. The molecular formula is C35H45N7O4. The van der Waals surface area contributed by atoms with Gasteiger partial charge >= 0.3 is 12.2 Å². The highest BCUT2D eigenvalue weighted by molar-refractivity contribution is 5.90. The Morgan fingerprint density at radius 2 is 1.57 bits per heavy atom. The number of imidazole rings is 1. The number of carbonyl (C=O) groups is 2. The van der Waals surface area contributed by atoms with Gasteiger partial charge in [0.1, 0.15) is 17.0 Å². The van der Waals surface area contributed by atoms with Gasteiger partial charge in [0.2, 0.25) is 5.95 Å². The van der Waals surface area contributed by atoms with Gasteiger partial charge in [-0.2, -0.15) is 0 Å². The number of H-pyrrole nitrogens is 1. The molecule has 5 rings (SSSR count). The van der Waals surface area contributed by atoms with Gasteiger partial charge in [0.15, 0.2) is 0 Å². The van der Waals surface area contributed by atoms with Crippen LogP contribution in [-0.2, 0) is 9.47 Å². The molecule has 244 valence electrons. The smallest absolute Gasteiger partial charge is 0.410 e. The number of fused-ring (bicyclic) bond motifs is 1. The monoisotopic (exact) mass is 627 g/mol. The number of hydrogen-bond donors (Lipinski definition) is 3. The molecule has 2 atom stereocenters. The van der Waals surface area contributed by atoms with Crippen molar-refractivity contribution in [3.63, 3.8) is 0 Å². The number of nitrogens with one attached hydrogen (secondary N) is 3. The molecule has 1 aliphatic heterocycles. The van der Waals surface area contributed by atoms with Crippen molar-refractivity contribution in [2.24, 2.45) is 0 Å². The lowest BCUT2D eigenvalue weighted by Crippen LogP contribution is -2.42. The van der Waals surface area contributed by atoms with E-state index in [2.05, 4.69) is 67.0 Å². The molecule has 4 aromatic rings. The first-order valence-electron chi connectivity index (χ1n) is 15.9. The van der Waals surface area contributed by atoms with Gasteiger partial charge in [0.25, 0.3) is 0 Å². The van der Waals surface area contributed by atoms with Crippen molar-refractivity contribution in [3.8, 4) is 22.4 Å². The van der Waals surface area contributed by atoms with Crippen molar-refractivity contribution in [2.75, 3.05) is 18.4 Å². The van der Waals surface area contributed by atoms with Gasteiger partial charge in [-0.25, -0.2) is 24.5 Å². The average molecular weight is 628 g/mol. The Balaban J connectivity index is 1.23. The first kappa shape index (κ1) is 32.7. The molecule has 11 nitrogen and oxygen atoms in total. The number of nitrogens with zero attached hydrogens (tertiary/aromatic N) is 4. The van der Waals surface area contributed by atoms with Crippen LogP contribution in [0.4, 0.5) is 15.5 Å². The molecule has 11 heteroatoms. The summed E-state index contributed by atoms with van der Waals surface area (Å²) in [7, 11) is 0. The molecule has 0 bridgehead atoms. The molecule has 46 heavy (non-hydrogen) atoms. The lowest BCUT2D eigenvalue weighted by Gasteiger charge is -2.27. The Bertz CT molecular complexity index is 1670. The summed E-state index contributed by atoms with van der Waals surface area (Å²) in [5, 5.41) is 8.27. The molecule has 0 radical (unpaired) electrons. The molecule has 3 heterocycles. The van der Waals surface area contributed by atoms with E-state index in [0.717, 1.165) is 58.2 Å². The standard InChI is InChI=1S/C35H45N7O4/c1-8-27(40-32(43)45-34(2,3)4)20-39-31-37-18-26(19-38-31)24-12-11-23-17-25(14-13-22(23)16-24)28-21-36-30(41-28)29-10-9-15-42(29)33(44)46-35(5,6)7/h11-14,16-19,21,27,29H,8-10,15,20H2,1-7H3,(H,36,41)(H,40,43)(H,37,38,39)/t27?,29-/m0/s1. The molecule has 0 spiro atoms. The Morgan fingerprint density at radius 1 is 0.913 bits per heavy atom. The SMILES string of the molecule is CCC(CNc1ncc(-c2ccc3cc(-c4cnc([C@@H]5CCCN5C(=O)OC(C)(C)C)[nH]4)ccc3c2)cn1)NC(=O)OC(C)(C)C. The summed E-state index contributed by atoms with van der Waals surface area (Å²) in [6.07, 6.45) is 7.17. The summed E-state index contributed by atoms with van der Waals surface area (Å²) in [4.78, 5) is 43.8. The minimum atomic E-state index is -0.549. The van der Waals surface area contributed by atoms with Crippen LogP contribution in [0.15, 0.2) is 55.0 Å². The molecule has 2 aromatic heterocycles. The van der Waals surface area contributed by atoms with Crippen LogP contribution in [-0.4, -0.2) is 67.4 Å². The fraction of sp³-hybridized carbons (Fsp3) is 0.457. The molecular weight excluding hydrogens is 582 g/mol. The van der Waals surface area contributed by atoms with Gasteiger partial charge in [0, 0.05) is 42.7 Å². The van der Waals surface area contributed by atoms with E-state index in [1.165, 1.54) is 0 Å². The maximum absolute atomic E-state index is 12.8. The zero-order chi connectivity index (χ0) is 33.1. The van der Waals surface area contributed by atoms with Crippen LogP contribution in [0.1, 0.15) is 79.6 Å². The third-order valence-electron chi connectivity index (χ3n) is 7.65. The minimum Gasteiger partial charge on any atom is -0.444 e. The predicted octanol–water partition coefficient (Wildman–Crippen LogP) is 7.47. The molecule has 1 fully saturated rings. The highest BCUT2D eigenvalue weighted by Gasteiger charge is 2.34. The molecule has 2 amide bonds. The number of carbonyl (C=O) groups excluding carboxylic acids is 2. The lowest BCUT2D eigenvalue weighted by atomic mass is 10.0. The number of aromatic nitrogens is 4. The van der Waals surface area contributed by atoms with Gasteiger partial charge in [-0.3, -0.25) is 4.90 Å². The second-order valence-electron chi connectivity index (χ2n) is 13.7. The van der Waals surface area contributed by atoms with E-state index in [1.54, 1.807) is 17.3 Å². The summed E-state index contributed by atoms with van der Waals surface area (Å²) >= 11 is 0. The number of hydrogen-bond acceptors (Lipinski definition) is 8. The second kappa shape index (κ2) is 13.4. The van der Waals surface area contributed by atoms with Gasteiger partial charge in [-0.15, -0.1) is 0 Å². The number of amides is 2. The van der Waals surface area contributed by atoms with Crippen molar-refractivity contribution in [1.29, 1.82) is 0 Å². The minimum absolute atomic E-state index is 0.119. The maximum atomic E-state index is 12.8. The second-order valence-corrected chi connectivity index (χ2v) is 13.7. The zero-order valence-electron chi connectivity index (χ0n) is 27.8. The summed E-state index contributed by atoms with van der Waals surface area (Å²) < 4.78 is 11.0. The summed E-state index contributed by atoms with van der Waals surface area (Å²) in [5.74, 6) is 1.26. The van der Waals surface area contributed by atoms with Gasteiger partial charge < -0.3 is 25.1 Å². The fourth-order valence-electron chi connectivity index (χ4n) is 5.39. The van der Waals surface area contributed by atoms with Crippen LogP contribution >= 0.6 is 0 Å². The van der Waals surface area contributed by atoms with Crippen LogP contribution < -0.4 is 10.6 Å². The first-order valence-corrected chi connectivity index (χ1v) is 15.9. The Labute approximate surface area is 270 Å². The van der Waals surface area contributed by atoms with Crippen LogP contribution in [0.25, 0.3) is 33.2 Å². The van der Waals surface area contributed by atoms with Crippen LogP contribution in [0.3, 0.4) is 0 Å². The first-order chi connectivity index (χ1) is 21.8. The maximum Gasteiger partial charge on any atom is 0.410 e. The number of alkyl carbamates (subject to hydrolysis) is 1. The predicted molar refractivity (Wildman–Crippen MR) is 179 cm³/mol. The Kier molecular flexibility index (Phi) is 9.50. The fourth-order valence-corrected chi connectivity index (χ4v) is 5.39. The van der Waals surface area contributed by atoms with Gasteiger partial charge in [0.05, 0.1) is 17.9 Å². The molecule has 3 N–H and O–H groups in total. The number of aromatic amines is 1. The zero-order valence-corrected chi connectivity index (χ0v) is 27.8. The topological polar surface area (TPSA) is 134 Å². The van der Waals surface area contributed by atoms with E-state index in [9.17, 15) is 9.59 Å². The third kappa shape index (κ3) is 8.32. The number of benzene rings is 2. The molecule has 1 saturated heterocycles. The highest BCUT2D eigenvalue weighted by Crippen LogP contribution is 2.34. The molecule has 1 aliphatic rings. The lowest BCUT2D eigenvalue weighted by molar-refractivity contribution is 0.0218. The largest absolute Gasteiger partial charge is 0.444 e. The van der Waals surface area contributed by atoms with Crippen molar-refractivity contribution in [3.05, 3.63) is 60.8 Å². The third-order valence-corrected chi connectivity index (χ3v) is 7.65. The van der Waals surface area contributed by atoms with Crippen LogP contribution in [0, 0.1) is 0 Å². The van der Waals surface area contributed by atoms with Crippen LogP contribution in [0.5, 0.6) is 0 Å². The van der Waals surface area contributed by atoms with Crippen molar-refractivity contribution in [2.45, 2.75) is 91.0 Å². The van der Waals surface area contributed by atoms with Gasteiger partial charge in [-0.1, -0.05) is 31.2 Å². The Morgan fingerprint density at radius 3 is 2.22 bits per heavy atom. The molecule has 1 unspecified atom stereocenters. The van der Waals surface area contributed by atoms with E-state index >= 15 is 0 Å². The average Bonchev–Trinajstić information content (AvgIpc) is 3.68. The highest BCUT2D eigenvalue weighted by atomic mass is 16.6. The number of ether oxygens (including phenoxy) is 2. The van der Waals surface area contributed by atoms with E-state index < -0.39 is 17.3 Å².